The summed E-state index contributed by atoms with van der Waals surface area (Å²) in [5, 5.41) is 8.89. The molecule has 1 aromatic rings. The van der Waals surface area contributed by atoms with E-state index in [2.05, 4.69) is 4.74 Å². The number of aliphatic hydroxyl groups excluding tert-OH is 1. The number of aliphatic hydroxyl groups is 1. The highest BCUT2D eigenvalue weighted by Crippen LogP contribution is 2.38. The Kier molecular flexibility index (Phi) is 3.37. The van der Waals surface area contributed by atoms with Gasteiger partial charge in [0.05, 0.1) is 7.11 Å². The molecule has 2 nitrogen and oxygen atoms in total. The minimum atomic E-state index is -4.97. The molecule has 1 rings (SSSR count). The summed E-state index contributed by atoms with van der Waals surface area (Å²) in [6.45, 7) is 0. The maximum absolute atomic E-state index is 13.0. The second-order valence-electron chi connectivity index (χ2n) is 2.93. The monoisotopic (exact) mass is 242 g/mol. The quantitative estimate of drug-likeness (QED) is 0.807. The molecule has 0 saturated heterocycles. The molecule has 1 aromatic carbocycles. The van der Waals surface area contributed by atoms with Crippen molar-refractivity contribution in [1.82, 2.24) is 0 Å². The van der Waals surface area contributed by atoms with Gasteiger partial charge < -0.3 is 9.84 Å². The average Bonchev–Trinajstić information content (AvgIpc) is 2.19. The molecule has 0 amide bonds. The molecule has 16 heavy (non-hydrogen) atoms. The molecule has 0 bridgehead atoms. The highest BCUT2D eigenvalue weighted by Gasteiger charge is 2.41. The number of methoxy groups -OCH3 is 1. The average molecular weight is 242 g/mol. The first-order chi connectivity index (χ1) is 7.29. The fraction of sp³-hybridized carbons (Fsp3) is 0.333. The Labute approximate surface area is 87.3 Å². The molecule has 1 N–H and O–H groups in total. The van der Waals surface area contributed by atoms with E-state index in [9.17, 15) is 22.0 Å². The van der Waals surface area contributed by atoms with E-state index in [1.807, 2.05) is 0 Å². The summed E-state index contributed by atoms with van der Waals surface area (Å²) in [5.41, 5.74) is -0.867. The maximum Gasteiger partial charge on any atom is 0.418 e. The van der Waals surface area contributed by atoms with Crippen LogP contribution < -0.4 is 4.74 Å². The van der Waals surface area contributed by atoms with E-state index in [0.29, 0.717) is 12.1 Å². The normalized spacial score (nSPS) is 13.7. The Morgan fingerprint density at radius 1 is 1.25 bits per heavy atom. The SMILES string of the molecule is COc1c(C(O)C(F)(F)F)ccc(F)c1F. The Morgan fingerprint density at radius 3 is 2.25 bits per heavy atom. The van der Waals surface area contributed by atoms with Crippen molar-refractivity contribution in [3.63, 3.8) is 0 Å². The van der Waals surface area contributed by atoms with Crippen LogP contribution in [0.15, 0.2) is 12.1 Å². The maximum atomic E-state index is 13.0. The van der Waals surface area contributed by atoms with E-state index >= 15 is 0 Å². The first kappa shape index (κ1) is 12.7. The molecule has 1 unspecified atom stereocenters. The van der Waals surface area contributed by atoms with Crippen molar-refractivity contribution in [1.29, 1.82) is 0 Å². The Bertz CT molecular complexity index is 388. The van der Waals surface area contributed by atoms with Crippen LogP contribution in [-0.2, 0) is 0 Å². The van der Waals surface area contributed by atoms with Crippen molar-refractivity contribution in [2.24, 2.45) is 0 Å². The molecule has 7 heteroatoms. The first-order valence-electron chi connectivity index (χ1n) is 4.05. The van der Waals surface area contributed by atoms with Gasteiger partial charge in [-0.05, 0) is 12.1 Å². The van der Waals surface area contributed by atoms with E-state index in [0.717, 1.165) is 7.11 Å². The molecule has 0 aromatic heterocycles. The summed E-state index contributed by atoms with van der Waals surface area (Å²) < 4.78 is 66.5. The van der Waals surface area contributed by atoms with Crippen molar-refractivity contribution in [3.8, 4) is 5.75 Å². The Morgan fingerprint density at radius 2 is 1.81 bits per heavy atom. The van der Waals surface area contributed by atoms with E-state index in [-0.39, 0.29) is 0 Å². The number of hydrogen-bond acceptors (Lipinski definition) is 2. The van der Waals surface area contributed by atoms with Crippen molar-refractivity contribution < 1.29 is 31.8 Å². The molecule has 90 valence electrons. The largest absolute Gasteiger partial charge is 0.493 e. The number of rotatable bonds is 2. The Balaban J connectivity index is 3.30. The molecule has 0 aliphatic carbocycles. The van der Waals surface area contributed by atoms with Crippen LogP contribution in [0.3, 0.4) is 0 Å². The number of halogens is 5. The van der Waals surface area contributed by atoms with Gasteiger partial charge >= 0.3 is 6.18 Å². The zero-order chi connectivity index (χ0) is 12.5. The van der Waals surface area contributed by atoms with Crippen LogP contribution in [0.4, 0.5) is 22.0 Å². The van der Waals surface area contributed by atoms with Crippen molar-refractivity contribution in [2.45, 2.75) is 12.3 Å². The fourth-order valence-electron chi connectivity index (χ4n) is 1.15. The van der Waals surface area contributed by atoms with Crippen molar-refractivity contribution in [2.75, 3.05) is 7.11 Å². The van der Waals surface area contributed by atoms with Crippen LogP contribution in [0.5, 0.6) is 5.75 Å². The van der Waals surface area contributed by atoms with E-state index in [1.165, 1.54) is 0 Å². The molecule has 1 atom stereocenters. The van der Waals surface area contributed by atoms with Gasteiger partial charge in [-0.25, -0.2) is 4.39 Å². The van der Waals surface area contributed by atoms with Crippen molar-refractivity contribution in [3.05, 3.63) is 29.3 Å². The number of hydrogen-bond donors (Lipinski definition) is 1. The standard InChI is InChI=1S/C9H7F5O2/c1-16-7-4(8(15)9(12,13)14)2-3-5(10)6(7)11/h2-3,8,15H,1H3. The number of ether oxygens (including phenoxy) is 1. The molecular formula is C9H7F5O2. The van der Waals surface area contributed by atoms with Gasteiger partial charge in [0.25, 0.3) is 0 Å². The molecule has 0 fully saturated rings. The van der Waals surface area contributed by atoms with E-state index in [4.69, 9.17) is 5.11 Å². The van der Waals surface area contributed by atoms with Gasteiger partial charge in [0.2, 0.25) is 5.82 Å². The topological polar surface area (TPSA) is 29.5 Å². The lowest BCUT2D eigenvalue weighted by Crippen LogP contribution is -2.21. The third kappa shape index (κ3) is 2.24. The summed E-state index contributed by atoms with van der Waals surface area (Å²) >= 11 is 0. The predicted octanol–water partition coefficient (Wildman–Crippen LogP) is 2.57. The van der Waals surface area contributed by atoms with Gasteiger partial charge in [-0.1, -0.05) is 0 Å². The van der Waals surface area contributed by atoms with Crippen LogP contribution in [0.1, 0.15) is 11.7 Å². The predicted molar refractivity (Wildman–Crippen MR) is 43.9 cm³/mol. The zero-order valence-corrected chi connectivity index (χ0v) is 7.98. The minimum absolute atomic E-state index is 0.488. The summed E-state index contributed by atoms with van der Waals surface area (Å²) in [4.78, 5) is 0. The second-order valence-corrected chi connectivity index (χ2v) is 2.93. The molecular weight excluding hydrogens is 235 g/mol. The smallest absolute Gasteiger partial charge is 0.418 e. The third-order valence-corrected chi connectivity index (χ3v) is 1.89. The summed E-state index contributed by atoms with van der Waals surface area (Å²) in [6, 6.07) is 1.11. The lowest BCUT2D eigenvalue weighted by Gasteiger charge is -2.17. The van der Waals surface area contributed by atoms with Gasteiger partial charge in [0.1, 0.15) is 0 Å². The first-order valence-corrected chi connectivity index (χ1v) is 4.05. The summed E-state index contributed by atoms with van der Waals surface area (Å²) in [5.74, 6) is -3.87. The van der Waals surface area contributed by atoms with Gasteiger partial charge in [0.15, 0.2) is 17.7 Å². The van der Waals surface area contributed by atoms with Gasteiger partial charge in [-0.15, -0.1) is 0 Å². The molecule has 0 aliphatic heterocycles. The highest BCUT2D eigenvalue weighted by atomic mass is 19.4. The van der Waals surface area contributed by atoms with Crippen molar-refractivity contribution >= 4 is 0 Å². The number of alkyl halides is 3. The second kappa shape index (κ2) is 4.25. The molecule has 0 saturated carbocycles. The highest BCUT2D eigenvalue weighted by molar-refractivity contribution is 5.38. The fourth-order valence-corrected chi connectivity index (χ4v) is 1.15. The molecule has 0 spiro atoms. The van der Waals surface area contributed by atoms with Crippen LogP contribution in [0, 0.1) is 11.6 Å². The summed E-state index contributed by atoms with van der Waals surface area (Å²) in [6.07, 6.45) is -7.89. The van der Waals surface area contributed by atoms with Gasteiger partial charge in [-0.3, -0.25) is 0 Å². The number of benzene rings is 1. The van der Waals surface area contributed by atoms with Gasteiger partial charge in [-0.2, -0.15) is 17.6 Å². The Hall–Kier alpha value is -1.37. The van der Waals surface area contributed by atoms with Crippen LogP contribution in [-0.4, -0.2) is 18.4 Å². The van der Waals surface area contributed by atoms with Gasteiger partial charge in [0, 0.05) is 5.56 Å². The lowest BCUT2D eigenvalue weighted by atomic mass is 10.1. The van der Waals surface area contributed by atoms with Crippen LogP contribution >= 0.6 is 0 Å². The van der Waals surface area contributed by atoms with Crippen LogP contribution in [0.25, 0.3) is 0 Å². The lowest BCUT2D eigenvalue weighted by molar-refractivity contribution is -0.207. The molecule has 0 heterocycles. The zero-order valence-electron chi connectivity index (χ0n) is 7.98. The molecule has 0 aliphatic rings. The van der Waals surface area contributed by atoms with E-state index < -0.39 is 35.2 Å². The minimum Gasteiger partial charge on any atom is -0.493 e. The van der Waals surface area contributed by atoms with E-state index in [1.54, 1.807) is 0 Å². The third-order valence-electron chi connectivity index (χ3n) is 1.89. The summed E-state index contributed by atoms with van der Waals surface area (Å²) in [7, 11) is 0.879. The molecule has 0 radical (unpaired) electrons. The van der Waals surface area contributed by atoms with Crippen LogP contribution in [0.2, 0.25) is 0 Å².